The summed E-state index contributed by atoms with van der Waals surface area (Å²) in [7, 11) is 0. The van der Waals surface area contributed by atoms with Gasteiger partial charge in [-0.2, -0.15) is 0 Å². The zero-order chi connectivity index (χ0) is 14.2. The van der Waals surface area contributed by atoms with Crippen molar-refractivity contribution in [1.29, 1.82) is 0 Å². The number of carbonyl (C=O) groups excluding carboxylic acids is 1. The van der Waals surface area contributed by atoms with Crippen molar-refractivity contribution in [3.05, 3.63) is 0 Å². The van der Waals surface area contributed by atoms with Crippen molar-refractivity contribution >= 4 is 5.97 Å². The van der Waals surface area contributed by atoms with Crippen LogP contribution in [0.1, 0.15) is 47.5 Å². The SMILES string of the molecule is CCCN(CC(C)(C)CN)C(CC)C(=O)OCC. The van der Waals surface area contributed by atoms with Gasteiger partial charge in [-0.25, -0.2) is 0 Å². The minimum atomic E-state index is -0.143. The average Bonchev–Trinajstić information content (AvgIpc) is 2.30. The van der Waals surface area contributed by atoms with Gasteiger partial charge in [0.1, 0.15) is 6.04 Å². The van der Waals surface area contributed by atoms with Gasteiger partial charge in [0.15, 0.2) is 0 Å². The van der Waals surface area contributed by atoms with Gasteiger partial charge in [-0.1, -0.05) is 27.7 Å². The quantitative estimate of drug-likeness (QED) is 0.643. The normalized spacial score (nSPS) is 13.7. The summed E-state index contributed by atoms with van der Waals surface area (Å²) < 4.78 is 5.16. The second-order valence-electron chi connectivity index (χ2n) is 5.51. The zero-order valence-corrected chi connectivity index (χ0v) is 12.7. The van der Waals surface area contributed by atoms with E-state index in [-0.39, 0.29) is 17.4 Å². The Morgan fingerprint density at radius 2 is 1.94 bits per heavy atom. The molecule has 2 N–H and O–H groups in total. The molecular weight excluding hydrogens is 228 g/mol. The number of nitrogens with zero attached hydrogens (tertiary/aromatic N) is 1. The van der Waals surface area contributed by atoms with Gasteiger partial charge >= 0.3 is 5.97 Å². The molecule has 0 fully saturated rings. The highest BCUT2D eigenvalue weighted by Gasteiger charge is 2.29. The Balaban J connectivity index is 4.77. The molecule has 0 saturated carbocycles. The molecule has 0 aromatic rings. The van der Waals surface area contributed by atoms with Crippen LogP contribution in [0.4, 0.5) is 0 Å². The van der Waals surface area contributed by atoms with Gasteiger partial charge in [0.2, 0.25) is 0 Å². The number of rotatable bonds is 9. The summed E-state index contributed by atoms with van der Waals surface area (Å²) in [5.41, 5.74) is 5.81. The predicted octanol–water partition coefficient (Wildman–Crippen LogP) is 2.02. The van der Waals surface area contributed by atoms with Gasteiger partial charge in [-0.15, -0.1) is 0 Å². The maximum atomic E-state index is 12.0. The Hall–Kier alpha value is -0.610. The standard InChI is InChI=1S/C14H30N2O2/c1-6-9-16(11-14(4,5)10-15)12(7-2)13(17)18-8-3/h12H,6-11,15H2,1-5H3. The Bertz CT molecular complexity index is 242. The molecule has 0 aliphatic heterocycles. The summed E-state index contributed by atoms with van der Waals surface area (Å²) in [6.45, 7) is 13.1. The van der Waals surface area contributed by atoms with E-state index < -0.39 is 0 Å². The molecule has 0 heterocycles. The van der Waals surface area contributed by atoms with Gasteiger partial charge in [-0.3, -0.25) is 9.69 Å². The molecular formula is C14H30N2O2. The largest absolute Gasteiger partial charge is 0.465 e. The van der Waals surface area contributed by atoms with Gasteiger partial charge in [0, 0.05) is 6.54 Å². The number of hydrogen-bond donors (Lipinski definition) is 1. The fourth-order valence-corrected chi connectivity index (χ4v) is 2.06. The summed E-state index contributed by atoms with van der Waals surface area (Å²) in [5, 5.41) is 0. The van der Waals surface area contributed by atoms with Gasteiger partial charge in [-0.05, 0) is 38.3 Å². The highest BCUT2D eigenvalue weighted by molar-refractivity contribution is 5.75. The summed E-state index contributed by atoms with van der Waals surface area (Å²) in [6, 6.07) is -0.143. The molecule has 0 bridgehead atoms. The molecule has 0 saturated heterocycles. The van der Waals surface area contributed by atoms with Crippen molar-refractivity contribution < 1.29 is 9.53 Å². The van der Waals surface area contributed by atoms with Crippen LogP contribution in [-0.2, 0) is 9.53 Å². The van der Waals surface area contributed by atoms with E-state index in [2.05, 4.69) is 25.7 Å². The van der Waals surface area contributed by atoms with Crippen LogP contribution in [-0.4, -0.2) is 43.2 Å². The third-order valence-corrected chi connectivity index (χ3v) is 3.08. The Labute approximate surface area is 112 Å². The van der Waals surface area contributed by atoms with E-state index in [0.717, 1.165) is 25.9 Å². The van der Waals surface area contributed by atoms with Crippen LogP contribution in [0.5, 0.6) is 0 Å². The highest BCUT2D eigenvalue weighted by Crippen LogP contribution is 2.19. The summed E-state index contributed by atoms with van der Waals surface area (Å²) >= 11 is 0. The van der Waals surface area contributed by atoms with E-state index in [4.69, 9.17) is 10.5 Å². The topological polar surface area (TPSA) is 55.6 Å². The number of esters is 1. The first-order valence-corrected chi connectivity index (χ1v) is 7.02. The van der Waals surface area contributed by atoms with E-state index in [1.165, 1.54) is 0 Å². The summed E-state index contributed by atoms with van der Waals surface area (Å²) in [4.78, 5) is 14.2. The van der Waals surface area contributed by atoms with Crippen LogP contribution in [0, 0.1) is 5.41 Å². The second kappa shape index (κ2) is 8.48. The molecule has 108 valence electrons. The Morgan fingerprint density at radius 1 is 1.33 bits per heavy atom. The van der Waals surface area contributed by atoms with E-state index in [1.807, 2.05) is 13.8 Å². The van der Waals surface area contributed by atoms with Crippen molar-refractivity contribution in [3.63, 3.8) is 0 Å². The van der Waals surface area contributed by atoms with Crippen molar-refractivity contribution in [2.75, 3.05) is 26.2 Å². The lowest BCUT2D eigenvalue weighted by Crippen LogP contribution is -2.48. The van der Waals surface area contributed by atoms with Crippen LogP contribution in [0.2, 0.25) is 0 Å². The molecule has 0 radical (unpaired) electrons. The Morgan fingerprint density at radius 3 is 2.33 bits per heavy atom. The van der Waals surface area contributed by atoms with Crippen LogP contribution in [0.3, 0.4) is 0 Å². The average molecular weight is 258 g/mol. The summed E-state index contributed by atoms with van der Waals surface area (Å²) in [6.07, 6.45) is 1.80. The van der Waals surface area contributed by atoms with Gasteiger partial charge in [0.25, 0.3) is 0 Å². The molecule has 1 unspecified atom stereocenters. The first-order chi connectivity index (χ1) is 8.41. The van der Waals surface area contributed by atoms with E-state index >= 15 is 0 Å². The maximum absolute atomic E-state index is 12.0. The molecule has 0 spiro atoms. The van der Waals surface area contributed by atoms with Crippen LogP contribution >= 0.6 is 0 Å². The lowest BCUT2D eigenvalue weighted by Gasteiger charge is -2.35. The van der Waals surface area contributed by atoms with Crippen molar-refractivity contribution in [1.82, 2.24) is 4.90 Å². The molecule has 1 atom stereocenters. The molecule has 4 nitrogen and oxygen atoms in total. The van der Waals surface area contributed by atoms with Crippen LogP contribution in [0.15, 0.2) is 0 Å². The molecule has 0 aromatic carbocycles. The van der Waals surface area contributed by atoms with Crippen LogP contribution < -0.4 is 5.73 Å². The number of nitrogens with two attached hydrogens (primary N) is 1. The monoisotopic (exact) mass is 258 g/mol. The number of hydrogen-bond acceptors (Lipinski definition) is 4. The third kappa shape index (κ3) is 5.83. The van der Waals surface area contributed by atoms with Crippen molar-refractivity contribution in [2.24, 2.45) is 11.1 Å². The van der Waals surface area contributed by atoms with Gasteiger partial charge in [0.05, 0.1) is 6.61 Å². The molecule has 0 aliphatic rings. The fourth-order valence-electron chi connectivity index (χ4n) is 2.06. The van der Waals surface area contributed by atoms with E-state index in [9.17, 15) is 4.79 Å². The smallest absolute Gasteiger partial charge is 0.323 e. The zero-order valence-electron chi connectivity index (χ0n) is 12.7. The predicted molar refractivity (Wildman–Crippen MR) is 75.4 cm³/mol. The molecule has 0 aliphatic carbocycles. The molecule has 0 aromatic heterocycles. The van der Waals surface area contributed by atoms with E-state index in [0.29, 0.717) is 13.2 Å². The number of carbonyl (C=O) groups is 1. The second-order valence-corrected chi connectivity index (χ2v) is 5.51. The molecule has 0 rings (SSSR count). The number of ether oxygens (including phenoxy) is 1. The fraction of sp³-hybridized carbons (Fsp3) is 0.929. The Kier molecular flexibility index (Phi) is 8.20. The summed E-state index contributed by atoms with van der Waals surface area (Å²) in [5.74, 6) is -0.110. The highest BCUT2D eigenvalue weighted by atomic mass is 16.5. The first kappa shape index (κ1) is 17.4. The minimum absolute atomic E-state index is 0.0229. The lowest BCUT2D eigenvalue weighted by atomic mass is 9.92. The molecule has 4 heteroatoms. The van der Waals surface area contributed by atoms with E-state index in [1.54, 1.807) is 0 Å². The van der Waals surface area contributed by atoms with Crippen molar-refractivity contribution in [2.45, 2.75) is 53.5 Å². The molecule has 0 amide bonds. The van der Waals surface area contributed by atoms with Crippen LogP contribution in [0.25, 0.3) is 0 Å². The molecule has 18 heavy (non-hydrogen) atoms. The minimum Gasteiger partial charge on any atom is -0.465 e. The third-order valence-electron chi connectivity index (χ3n) is 3.08. The first-order valence-electron chi connectivity index (χ1n) is 7.02. The van der Waals surface area contributed by atoms with Gasteiger partial charge < -0.3 is 10.5 Å². The van der Waals surface area contributed by atoms with Crippen molar-refractivity contribution in [3.8, 4) is 0 Å². The maximum Gasteiger partial charge on any atom is 0.323 e. The lowest BCUT2D eigenvalue weighted by molar-refractivity contribution is -0.150.